The van der Waals surface area contributed by atoms with E-state index in [0.29, 0.717) is 5.92 Å². The molecule has 2 heterocycles. The van der Waals surface area contributed by atoms with Gasteiger partial charge in [-0.05, 0) is 39.5 Å². The fourth-order valence-electron chi connectivity index (χ4n) is 2.81. The molecule has 0 unspecified atom stereocenters. The number of methoxy groups -OCH3 is 1. The number of hydrogen-bond donors (Lipinski definition) is 1. The van der Waals surface area contributed by atoms with E-state index in [0.717, 1.165) is 49.3 Å². The Kier molecular flexibility index (Phi) is 5.17. The first-order chi connectivity index (χ1) is 9.65. The Hall–Kier alpha value is -1.36. The van der Waals surface area contributed by atoms with Crippen LogP contribution < -0.4 is 10.2 Å². The summed E-state index contributed by atoms with van der Waals surface area (Å²) in [5, 5.41) is 3.33. The summed E-state index contributed by atoms with van der Waals surface area (Å²) >= 11 is 0. The molecule has 1 N–H and O–H groups in total. The minimum atomic E-state index is 0.688. The third-order valence-corrected chi connectivity index (χ3v) is 3.89. The molecule has 1 aliphatic heterocycles. The third kappa shape index (κ3) is 3.39. The Morgan fingerprint density at radius 2 is 1.95 bits per heavy atom. The van der Waals surface area contributed by atoms with Gasteiger partial charge in [0, 0.05) is 38.9 Å². The molecular weight excluding hydrogens is 252 g/mol. The van der Waals surface area contributed by atoms with Gasteiger partial charge in [-0.3, -0.25) is 0 Å². The Labute approximate surface area is 121 Å². The van der Waals surface area contributed by atoms with Crippen LogP contribution in [0.15, 0.2) is 0 Å². The van der Waals surface area contributed by atoms with Gasteiger partial charge in [0.1, 0.15) is 17.5 Å². The van der Waals surface area contributed by atoms with Crippen LogP contribution in [0.4, 0.5) is 11.6 Å². The molecule has 0 aromatic carbocycles. The number of nitrogens with one attached hydrogen (secondary N) is 1. The van der Waals surface area contributed by atoms with Gasteiger partial charge in [-0.1, -0.05) is 0 Å². The van der Waals surface area contributed by atoms with E-state index in [9.17, 15) is 0 Å². The molecule has 0 aliphatic carbocycles. The van der Waals surface area contributed by atoms with Gasteiger partial charge in [-0.25, -0.2) is 9.97 Å². The van der Waals surface area contributed by atoms with Crippen molar-refractivity contribution in [3.8, 4) is 0 Å². The zero-order valence-electron chi connectivity index (χ0n) is 13.1. The largest absolute Gasteiger partial charge is 0.384 e. The minimum Gasteiger partial charge on any atom is -0.384 e. The van der Waals surface area contributed by atoms with Crippen LogP contribution in [-0.2, 0) is 4.74 Å². The summed E-state index contributed by atoms with van der Waals surface area (Å²) in [5.41, 5.74) is 1.16. The van der Waals surface area contributed by atoms with Gasteiger partial charge in [-0.2, -0.15) is 0 Å². The second-order valence-corrected chi connectivity index (χ2v) is 5.48. The highest BCUT2D eigenvalue weighted by Gasteiger charge is 2.22. The first kappa shape index (κ1) is 15.0. The lowest BCUT2D eigenvalue weighted by Gasteiger charge is -2.33. The Bertz CT molecular complexity index is 442. The molecule has 0 bridgehead atoms. The number of rotatable bonds is 5. The molecule has 5 heteroatoms. The maximum Gasteiger partial charge on any atom is 0.137 e. The van der Waals surface area contributed by atoms with Crippen LogP contribution in [0, 0.1) is 19.8 Å². The predicted octanol–water partition coefficient (Wildman–Crippen LogP) is 2.39. The zero-order chi connectivity index (χ0) is 14.5. The summed E-state index contributed by atoms with van der Waals surface area (Å²) in [6.07, 6.45) is 2.35. The van der Waals surface area contributed by atoms with Crippen LogP contribution in [0.5, 0.6) is 0 Å². The van der Waals surface area contributed by atoms with E-state index in [-0.39, 0.29) is 0 Å². The molecule has 5 nitrogen and oxygen atoms in total. The number of aromatic nitrogens is 2. The highest BCUT2D eigenvalue weighted by molar-refractivity contribution is 5.58. The van der Waals surface area contributed by atoms with Gasteiger partial charge in [0.15, 0.2) is 0 Å². The number of ether oxygens (including phenoxy) is 1. The highest BCUT2D eigenvalue weighted by Crippen LogP contribution is 2.27. The van der Waals surface area contributed by atoms with Crippen molar-refractivity contribution in [1.29, 1.82) is 0 Å². The van der Waals surface area contributed by atoms with Crippen molar-refractivity contribution in [3.05, 3.63) is 11.4 Å². The fourth-order valence-corrected chi connectivity index (χ4v) is 2.81. The molecule has 20 heavy (non-hydrogen) atoms. The standard InChI is InChI=1S/C15H26N4O/c1-5-16-14-11(2)15(18-12(3)17-14)19-8-6-13(7-9-19)10-20-4/h13H,5-10H2,1-4H3,(H,16,17,18). The molecule has 1 saturated heterocycles. The summed E-state index contributed by atoms with van der Waals surface area (Å²) in [6, 6.07) is 0. The molecule has 2 rings (SSSR count). The fraction of sp³-hybridized carbons (Fsp3) is 0.733. The van der Waals surface area contributed by atoms with Crippen molar-refractivity contribution in [2.75, 3.05) is 43.6 Å². The number of aryl methyl sites for hydroxylation is 1. The summed E-state index contributed by atoms with van der Waals surface area (Å²) < 4.78 is 5.26. The average molecular weight is 278 g/mol. The lowest BCUT2D eigenvalue weighted by Crippen LogP contribution is -2.36. The van der Waals surface area contributed by atoms with E-state index in [2.05, 4.69) is 34.0 Å². The van der Waals surface area contributed by atoms with Gasteiger partial charge in [0.2, 0.25) is 0 Å². The highest BCUT2D eigenvalue weighted by atomic mass is 16.5. The van der Waals surface area contributed by atoms with Gasteiger partial charge in [0.25, 0.3) is 0 Å². The summed E-state index contributed by atoms with van der Waals surface area (Å²) in [7, 11) is 1.78. The SMILES string of the molecule is CCNc1nc(C)nc(N2CCC(COC)CC2)c1C. The van der Waals surface area contributed by atoms with E-state index in [4.69, 9.17) is 4.74 Å². The smallest absolute Gasteiger partial charge is 0.137 e. The summed E-state index contributed by atoms with van der Waals surface area (Å²) in [6.45, 7) is 10.0. The van der Waals surface area contributed by atoms with Gasteiger partial charge >= 0.3 is 0 Å². The summed E-state index contributed by atoms with van der Waals surface area (Å²) in [4.78, 5) is 11.5. The average Bonchev–Trinajstić information content (AvgIpc) is 2.44. The molecule has 1 aromatic rings. The van der Waals surface area contributed by atoms with Crippen LogP contribution in [-0.4, -0.2) is 43.3 Å². The maximum atomic E-state index is 5.26. The molecule has 0 atom stereocenters. The molecule has 1 aromatic heterocycles. The van der Waals surface area contributed by atoms with E-state index in [1.54, 1.807) is 7.11 Å². The molecule has 1 fully saturated rings. The molecule has 1 aliphatic rings. The lowest BCUT2D eigenvalue weighted by atomic mass is 9.97. The third-order valence-electron chi connectivity index (χ3n) is 3.89. The first-order valence-corrected chi connectivity index (χ1v) is 7.48. The van der Waals surface area contributed by atoms with Crippen molar-refractivity contribution in [3.63, 3.8) is 0 Å². The number of hydrogen-bond acceptors (Lipinski definition) is 5. The molecule has 0 amide bonds. The summed E-state index contributed by atoms with van der Waals surface area (Å²) in [5.74, 6) is 3.58. The van der Waals surface area contributed by atoms with Crippen molar-refractivity contribution in [1.82, 2.24) is 9.97 Å². The van der Waals surface area contributed by atoms with Gasteiger partial charge in [-0.15, -0.1) is 0 Å². The van der Waals surface area contributed by atoms with Gasteiger partial charge in [0.05, 0.1) is 0 Å². The predicted molar refractivity (Wildman–Crippen MR) is 82.5 cm³/mol. The number of anilines is 2. The van der Waals surface area contributed by atoms with Gasteiger partial charge < -0.3 is 15.0 Å². The first-order valence-electron chi connectivity index (χ1n) is 7.48. The van der Waals surface area contributed by atoms with Crippen LogP contribution in [0.2, 0.25) is 0 Å². The lowest BCUT2D eigenvalue weighted by molar-refractivity contribution is 0.139. The van der Waals surface area contributed by atoms with Crippen molar-refractivity contribution in [2.24, 2.45) is 5.92 Å². The van der Waals surface area contributed by atoms with Crippen molar-refractivity contribution < 1.29 is 4.74 Å². The second kappa shape index (κ2) is 6.88. The molecular formula is C15H26N4O. The Morgan fingerprint density at radius 1 is 1.25 bits per heavy atom. The zero-order valence-corrected chi connectivity index (χ0v) is 13.1. The van der Waals surface area contributed by atoms with Crippen LogP contribution in [0.25, 0.3) is 0 Å². The number of nitrogens with zero attached hydrogens (tertiary/aromatic N) is 3. The van der Waals surface area contributed by atoms with Crippen molar-refractivity contribution >= 4 is 11.6 Å². The Morgan fingerprint density at radius 3 is 2.55 bits per heavy atom. The quantitative estimate of drug-likeness (QED) is 0.896. The molecule has 112 valence electrons. The number of piperidine rings is 1. The molecule has 0 radical (unpaired) electrons. The second-order valence-electron chi connectivity index (χ2n) is 5.48. The normalized spacial score (nSPS) is 16.5. The Balaban J connectivity index is 2.13. The van der Waals surface area contributed by atoms with Crippen LogP contribution in [0.3, 0.4) is 0 Å². The van der Waals surface area contributed by atoms with E-state index >= 15 is 0 Å². The van der Waals surface area contributed by atoms with E-state index in [1.165, 1.54) is 12.8 Å². The van der Waals surface area contributed by atoms with E-state index in [1.807, 2.05) is 6.92 Å². The van der Waals surface area contributed by atoms with E-state index < -0.39 is 0 Å². The topological polar surface area (TPSA) is 50.3 Å². The van der Waals surface area contributed by atoms with Crippen LogP contribution >= 0.6 is 0 Å². The van der Waals surface area contributed by atoms with Crippen molar-refractivity contribution in [2.45, 2.75) is 33.6 Å². The molecule has 0 spiro atoms. The monoisotopic (exact) mass is 278 g/mol. The molecule has 0 saturated carbocycles. The van der Waals surface area contributed by atoms with Crippen LogP contribution in [0.1, 0.15) is 31.2 Å². The minimum absolute atomic E-state index is 0.688. The maximum absolute atomic E-state index is 5.26.